The number of amides is 2. The highest BCUT2D eigenvalue weighted by Crippen LogP contribution is 2.37. The monoisotopic (exact) mass is 418 g/mol. The van der Waals surface area contributed by atoms with E-state index < -0.39 is 35.4 Å². The Labute approximate surface area is 167 Å². The van der Waals surface area contributed by atoms with Crippen molar-refractivity contribution in [1.29, 1.82) is 10.5 Å². The highest BCUT2D eigenvalue weighted by molar-refractivity contribution is 7.17. The van der Waals surface area contributed by atoms with Crippen LogP contribution in [0.15, 0.2) is 30.3 Å². The number of nitrogens with zero attached hydrogens (tertiary/aromatic N) is 3. The van der Waals surface area contributed by atoms with Crippen LogP contribution in [0.4, 0.5) is 18.2 Å². The summed E-state index contributed by atoms with van der Waals surface area (Å²) in [6.07, 6.45) is -4.48. The summed E-state index contributed by atoms with van der Waals surface area (Å²) < 4.78 is 38.4. The smallest absolute Gasteiger partial charge is 0.344 e. The summed E-state index contributed by atoms with van der Waals surface area (Å²) in [6.45, 7) is 0.168. The van der Waals surface area contributed by atoms with E-state index in [4.69, 9.17) is 10.5 Å². The van der Waals surface area contributed by atoms with E-state index in [1.165, 1.54) is 30.1 Å². The van der Waals surface area contributed by atoms with Crippen molar-refractivity contribution in [3.63, 3.8) is 0 Å². The van der Waals surface area contributed by atoms with E-state index in [1.807, 2.05) is 12.1 Å². The van der Waals surface area contributed by atoms with Crippen molar-refractivity contribution in [1.82, 2.24) is 4.90 Å². The summed E-state index contributed by atoms with van der Waals surface area (Å²) in [7, 11) is 1.51. The molecule has 3 rings (SSSR count). The van der Waals surface area contributed by atoms with Gasteiger partial charge in [-0.15, -0.1) is 11.3 Å². The van der Waals surface area contributed by atoms with Gasteiger partial charge >= 0.3 is 6.18 Å². The summed E-state index contributed by atoms with van der Waals surface area (Å²) in [5.74, 6) is -2.94. The second kappa shape index (κ2) is 7.57. The van der Waals surface area contributed by atoms with E-state index >= 15 is 0 Å². The molecule has 2 aromatic rings. The van der Waals surface area contributed by atoms with Crippen LogP contribution in [-0.4, -0.2) is 30.3 Å². The summed E-state index contributed by atoms with van der Waals surface area (Å²) in [5.41, 5.74) is -0.286. The molecule has 6 nitrogen and oxygen atoms in total. The normalized spacial score (nSPS) is 19.0. The zero-order valence-corrected chi connectivity index (χ0v) is 15.8. The van der Waals surface area contributed by atoms with Crippen LogP contribution in [0.1, 0.15) is 27.5 Å². The third-order valence-corrected chi connectivity index (χ3v) is 5.62. The average Bonchev–Trinajstić information content (AvgIpc) is 3.21. The number of rotatable bonds is 3. The maximum atomic E-state index is 12.8. The fourth-order valence-corrected chi connectivity index (χ4v) is 4.03. The highest BCUT2D eigenvalue weighted by atomic mass is 32.1. The van der Waals surface area contributed by atoms with Crippen LogP contribution in [0.25, 0.3) is 0 Å². The molecule has 0 spiro atoms. The summed E-state index contributed by atoms with van der Waals surface area (Å²) >= 11 is 0.909. The first kappa shape index (κ1) is 20.4. The fourth-order valence-electron chi connectivity index (χ4n) is 3.22. The number of hydrogen-bond acceptors (Lipinski definition) is 5. The number of carbonyl (C=O) groups is 2. The molecular formula is C19H13F3N4O2S. The zero-order valence-electron chi connectivity index (χ0n) is 14.9. The second-order valence-corrected chi connectivity index (χ2v) is 7.54. The van der Waals surface area contributed by atoms with E-state index in [9.17, 15) is 22.8 Å². The minimum atomic E-state index is -4.48. The van der Waals surface area contributed by atoms with Gasteiger partial charge in [0.15, 0.2) is 0 Å². The number of thiophene rings is 1. The van der Waals surface area contributed by atoms with Gasteiger partial charge in [0.25, 0.3) is 0 Å². The quantitative estimate of drug-likeness (QED) is 0.774. The predicted octanol–water partition coefficient (Wildman–Crippen LogP) is 3.32. The number of likely N-dealkylation sites (tertiary alicyclic amines) is 1. The van der Waals surface area contributed by atoms with Gasteiger partial charge in [-0.05, 0) is 23.8 Å². The average molecular weight is 418 g/mol. The number of benzene rings is 1. The molecule has 2 amide bonds. The standard InChI is InChI=1S/C19H13F3N4O2S/c1-26-9-14(10-2-4-12(5-3-10)19(20,21)22)15(18(26)28)16(27)25-17-11(7-23)6-13(8-24)29-17/h2-6,14-15H,9H2,1H3,(H,25,27)/t14-,15+/m1/s1. The first-order valence-corrected chi connectivity index (χ1v) is 9.14. The molecule has 0 unspecified atom stereocenters. The molecular weight excluding hydrogens is 405 g/mol. The zero-order chi connectivity index (χ0) is 21.3. The molecule has 0 radical (unpaired) electrons. The molecule has 0 aliphatic carbocycles. The van der Waals surface area contributed by atoms with E-state index in [1.54, 1.807) is 0 Å². The number of carbonyl (C=O) groups excluding carboxylic acids is 2. The largest absolute Gasteiger partial charge is 0.416 e. The molecule has 1 saturated heterocycles. The number of alkyl halides is 3. The number of halogens is 3. The van der Waals surface area contributed by atoms with Gasteiger partial charge in [-0.25, -0.2) is 0 Å². The topological polar surface area (TPSA) is 97.0 Å². The third-order valence-electron chi connectivity index (χ3n) is 4.66. The van der Waals surface area contributed by atoms with Gasteiger partial charge < -0.3 is 10.2 Å². The van der Waals surface area contributed by atoms with Gasteiger partial charge in [-0.2, -0.15) is 23.7 Å². The van der Waals surface area contributed by atoms with Gasteiger partial charge in [0.1, 0.15) is 27.9 Å². The van der Waals surface area contributed by atoms with Gasteiger partial charge in [0, 0.05) is 19.5 Å². The summed E-state index contributed by atoms with van der Waals surface area (Å²) in [6, 6.07) is 9.44. The van der Waals surface area contributed by atoms with Crippen LogP contribution in [0.2, 0.25) is 0 Å². The molecule has 1 aliphatic heterocycles. The summed E-state index contributed by atoms with van der Waals surface area (Å²) in [5, 5.41) is 20.8. The van der Waals surface area contributed by atoms with Gasteiger partial charge in [-0.3, -0.25) is 9.59 Å². The van der Waals surface area contributed by atoms with E-state index in [0.717, 1.165) is 23.5 Å². The maximum Gasteiger partial charge on any atom is 0.416 e. The lowest BCUT2D eigenvalue weighted by atomic mass is 9.87. The fraction of sp³-hybridized carbons (Fsp3) is 0.263. The van der Waals surface area contributed by atoms with Crippen molar-refractivity contribution >= 4 is 28.2 Å². The molecule has 2 atom stereocenters. The summed E-state index contributed by atoms with van der Waals surface area (Å²) in [4.78, 5) is 26.9. The Morgan fingerprint density at radius 1 is 1.24 bits per heavy atom. The minimum absolute atomic E-state index is 0.102. The SMILES string of the molecule is CN1C[C@H](c2ccc(C(F)(F)F)cc2)[C@@H](C(=O)Nc2sc(C#N)cc2C#N)C1=O. The Bertz CT molecular complexity index is 1050. The highest BCUT2D eigenvalue weighted by Gasteiger charge is 2.44. The van der Waals surface area contributed by atoms with Crippen LogP contribution in [0, 0.1) is 28.6 Å². The predicted molar refractivity (Wildman–Crippen MR) is 97.7 cm³/mol. The lowest BCUT2D eigenvalue weighted by Gasteiger charge is -2.17. The van der Waals surface area contributed by atoms with Crippen LogP contribution >= 0.6 is 11.3 Å². The molecule has 0 bridgehead atoms. The number of anilines is 1. The molecule has 1 aliphatic rings. The van der Waals surface area contributed by atoms with Crippen LogP contribution in [-0.2, 0) is 15.8 Å². The first-order chi connectivity index (χ1) is 13.7. The van der Waals surface area contributed by atoms with Crippen molar-refractivity contribution in [2.45, 2.75) is 12.1 Å². The Morgan fingerprint density at radius 3 is 2.45 bits per heavy atom. The lowest BCUT2D eigenvalue weighted by Crippen LogP contribution is -2.32. The molecule has 2 heterocycles. The van der Waals surface area contributed by atoms with E-state index in [0.29, 0.717) is 5.56 Å². The van der Waals surface area contributed by atoms with Crippen molar-refractivity contribution < 1.29 is 22.8 Å². The second-order valence-electron chi connectivity index (χ2n) is 6.49. The Kier molecular flexibility index (Phi) is 5.31. The van der Waals surface area contributed by atoms with Gasteiger partial charge in [0.2, 0.25) is 11.8 Å². The van der Waals surface area contributed by atoms with Gasteiger partial charge in [0.05, 0.1) is 11.1 Å². The van der Waals surface area contributed by atoms with Crippen molar-refractivity contribution in [2.75, 3.05) is 18.9 Å². The van der Waals surface area contributed by atoms with E-state index in [2.05, 4.69) is 5.32 Å². The van der Waals surface area contributed by atoms with Crippen molar-refractivity contribution in [3.8, 4) is 12.1 Å². The van der Waals surface area contributed by atoms with Crippen LogP contribution < -0.4 is 5.32 Å². The van der Waals surface area contributed by atoms with Gasteiger partial charge in [-0.1, -0.05) is 12.1 Å². The number of nitriles is 2. The van der Waals surface area contributed by atoms with Crippen LogP contribution in [0.3, 0.4) is 0 Å². The third kappa shape index (κ3) is 3.93. The number of hydrogen-bond donors (Lipinski definition) is 1. The first-order valence-electron chi connectivity index (χ1n) is 8.32. The molecule has 0 saturated carbocycles. The molecule has 1 aromatic heterocycles. The van der Waals surface area contributed by atoms with E-state index in [-0.39, 0.29) is 22.0 Å². The van der Waals surface area contributed by atoms with Crippen molar-refractivity contribution in [3.05, 3.63) is 51.9 Å². The van der Waals surface area contributed by atoms with Crippen LogP contribution in [0.5, 0.6) is 0 Å². The molecule has 1 aromatic carbocycles. The Morgan fingerprint density at radius 2 is 1.90 bits per heavy atom. The molecule has 1 fully saturated rings. The number of nitrogens with one attached hydrogen (secondary N) is 1. The maximum absolute atomic E-state index is 12.8. The Hall–Kier alpha value is -3.37. The minimum Gasteiger partial charge on any atom is -0.344 e. The lowest BCUT2D eigenvalue weighted by molar-refractivity contribution is -0.138. The molecule has 148 valence electrons. The molecule has 29 heavy (non-hydrogen) atoms. The number of likely N-dealkylation sites (N-methyl/N-ethyl adjacent to an activating group) is 1. The Balaban J connectivity index is 1.89. The molecule has 10 heteroatoms. The van der Waals surface area contributed by atoms with Crippen molar-refractivity contribution in [2.24, 2.45) is 5.92 Å². The molecule has 1 N–H and O–H groups in total.